The first kappa shape index (κ1) is 17.7. The first-order valence-corrected chi connectivity index (χ1v) is 10.8. The Kier molecular flexibility index (Phi) is 4.27. The molecule has 0 bridgehead atoms. The Hall–Kier alpha value is -3.19. The van der Waals surface area contributed by atoms with Gasteiger partial charge in [-0.1, -0.05) is 6.08 Å². The second-order valence-corrected chi connectivity index (χ2v) is 8.22. The number of hydrogen-bond donors (Lipinski definition) is 3. The van der Waals surface area contributed by atoms with E-state index in [0.29, 0.717) is 0 Å². The van der Waals surface area contributed by atoms with Crippen molar-refractivity contribution in [3.05, 3.63) is 42.5 Å². The number of fused-ring (bicyclic) bond motifs is 2. The average Bonchev–Trinajstić information content (AvgIpc) is 3.43. The van der Waals surface area contributed by atoms with Gasteiger partial charge in [-0.05, 0) is 49.9 Å². The van der Waals surface area contributed by atoms with Crippen LogP contribution in [0.5, 0.6) is 0 Å². The Labute approximate surface area is 174 Å². The Morgan fingerprint density at radius 3 is 2.73 bits per heavy atom. The van der Waals surface area contributed by atoms with Crippen LogP contribution >= 0.6 is 0 Å². The Bertz CT molecular complexity index is 1240. The van der Waals surface area contributed by atoms with Crippen molar-refractivity contribution in [1.82, 2.24) is 30.5 Å². The van der Waals surface area contributed by atoms with Gasteiger partial charge < -0.3 is 15.2 Å². The standard InChI is InChI=1S/C23H25N7/c1-2-8-30(9-3-1)22-14-25-12-20-16(22)10-19(27-20)23-17-11-18(15-4-6-24-7-5-15)26-13-21(17)28-29-23/h4,10-14,24,27H,1-3,5-9H2,(H,28,29). The third-order valence-electron chi connectivity index (χ3n) is 6.32. The second kappa shape index (κ2) is 7.25. The zero-order valence-electron chi connectivity index (χ0n) is 16.9. The van der Waals surface area contributed by atoms with Gasteiger partial charge in [-0.25, -0.2) is 0 Å². The van der Waals surface area contributed by atoms with E-state index in [1.807, 2.05) is 18.6 Å². The molecule has 30 heavy (non-hydrogen) atoms. The lowest BCUT2D eigenvalue weighted by Crippen LogP contribution is -2.29. The second-order valence-electron chi connectivity index (χ2n) is 8.22. The molecule has 1 fully saturated rings. The number of nitrogens with one attached hydrogen (secondary N) is 3. The molecule has 2 aliphatic rings. The fourth-order valence-electron chi connectivity index (χ4n) is 4.70. The normalized spacial score (nSPS) is 17.6. The van der Waals surface area contributed by atoms with Crippen LogP contribution in [0.1, 0.15) is 31.4 Å². The first-order chi connectivity index (χ1) is 14.9. The quantitative estimate of drug-likeness (QED) is 0.487. The molecule has 0 radical (unpaired) electrons. The lowest BCUT2D eigenvalue weighted by molar-refractivity contribution is 0.578. The molecular formula is C23H25N7. The highest BCUT2D eigenvalue weighted by atomic mass is 15.1. The third kappa shape index (κ3) is 2.97. The lowest BCUT2D eigenvalue weighted by atomic mass is 10.0. The van der Waals surface area contributed by atoms with Crippen molar-refractivity contribution in [2.24, 2.45) is 0 Å². The van der Waals surface area contributed by atoms with Crippen LogP contribution in [0, 0.1) is 0 Å². The maximum absolute atomic E-state index is 4.66. The summed E-state index contributed by atoms with van der Waals surface area (Å²) in [5.74, 6) is 0. The summed E-state index contributed by atoms with van der Waals surface area (Å²) in [6, 6.07) is 4.39. The zero-order chi connectivity index (χ0) is 19.9. The molecule has 6 rings (SSSR count). The van der Waals surface area contributed by atoms with Gasteiger partial charge in [-0.15, -0.1) is 0 Å². The van der Waals surface area contributed by atoms with E-state index in [1.165, 1.54) is 35.9 Å². The lowest BCUT2D eigenvalue weighted by Gasteiger charge is -2.28. The molecule has 0 aromatic carbocycles. The van der Waals surface area contributed by atoms with Crippen LogP contribution in [0.2, 0.25) is 0 Å². The van der Waals surface area contributed by atoms with Crippen molar-refractivity contribution in [3.8, 4) is 11.4 Å². The van der Waals surface area contributed by atoms with E-state index in [9.17, 15) is 0 Å². The molecule has 0 spiro atoms. The van der Waals surface area contributed by atoms with Crippen molar-refractivity contribution in [1.29, 1.82) is 0 Å². The minimum Gasteiger partial charge on any atom is -0.370 e. The van der Waals surface area contributed by atoms with Gasteiger partial charge in [0.2, 0.25) is 0 Å². The summed E-state index contributed by atoms with van der Waals surface area (Å²) in [5.41, 5.74) is 7.52. The van der Waals surface area contributed by atoms with E-state index >= 15 is 0 Å². The molecule has 7 nitrogen and oxygen atoms in total. The van der Waals surface area contributed by atoms with Gasteiger partial charge in [-0.3, -0.25) is 15.1 Å². The van der Waals surface area contributed by atoms with Gasteiger partial charge in [-0.2, -0.15) is 5.10 Å². The number of nitrogens with zero attached hydrogens (tertiary/aromatic N) is 4. The van der Waals surface area contributed by atoms with Crippen molar-refractivity contribution in [3.63, 3.8) is 0 Å². The maximum atomic E-state index is 4.66. The van der Waals surface area contributed by atoms with Crippen LogP contribution in [0.3, 0.4) is 0 Å². The Morgan fingerprint density at radius 2 is 1.87 bits per heavy atom. The van der Waals surface area contributed by atoms with Gasteiger partial charge >= 0.3 is 0 Å². The highest BCUT2D eigenvalue weighted by Crippen LogP contribution is 2.34. The summed E-state index contributed by atoms with van der Waals surface area (Å²) in [5, 5.41) is 13.5. The average molecular weight is 400 g/mol. The van der Waals surface area contributed by atoms with E-state index in [4.69, 9.17) is 0 Å². The van der Waals surface area contributed by atoms with Crippen molar-refractivity contribution in [2.45, 2.75) is 25.7 Å². The Balaban J connectivity index is 1.44. The fourth-order valence-corrected chi connectivity index (χ4v) is 4.70. The maximum Gasteiger partial charge on any atom is 0.116 e. The van der Waals surface area contributed by atoms with Gasteiger partial charge in [0.25, 0.3) is 0 Å². The van der Waals surface area contributed by atoms with Gasteiger partial charge in [0, 0.05) is 30.4 Å². The van der Waals surface area contributed by atoms with Crippen LogP contribution in [0.15, 0.2) is 36.8 Å². The van der Waals surface area contributed by atoms with Crippen LogP contribution < -0.4 is 10.2 Å². The minimum atomic E-state index is 0.904. The molecular weight excluding hydrogens is 374 g/mol. The number of aromatic amines is 2. The molecule has 4 aromatic heterocycles. The van der Waals surface area contributed by atoms with Crippen molar-refractivity contribution < 1.29 is 0 Å². The van der Waals surface area contributed by atoms with Crippen LogP contribution in [-0.2, 0) is 0 Å². The summed E-state index contributed by atoms with van der Waals surface area (Å²) in [6.07, 6.45) is 12.9. The van der Waals surface area contributed by atoms with E-state index in [0.717, 1.165) is 66.1 Å². The molecule has 7 heteroatoms. The fraction of sp³-hybridized carbons (Fsp3) is 0.348. The number of rotatable bonds is 3. The zero-order valence-corrected chi connectivity index (χ0v) is 16.9. The summed E-state index contributed by atoms with van der Waals surface area (Å²) < 4.78 is 0. The predicted octanol–water partition coefficient (Wildman–Crippen LogP) is 3.87. The highest BCUT2D eigenvalue weighted by molar-refractivity contribution is 5.99. The monoisotopic (exact) mass is 399 g/mol. The van der Waals surface area contributed by atoms with Crippen LogP contribution in [0.4, 0.5) is 5.69 Å². The Morgan fingerprint density at radius 1 is 0.933 bits per heavy atom. The molecule has 2 aliphatic heterocycles. The molecule has 0 amide bonds. The molecule has 1 saturated heterocycles. The number of hydrogen-bond acceptors (Lipinski definition) is 5. The molecule has 6 heterocycles. The van der Waals surface area contributed by atoms with Crippen LogP contribution in [-0.4, -0.2) is 51.3 Å². The summed E-state index contributed by atoms with van der Waals surface area (Å²) >= 11 is 0. The smallest absolute Gasteiger partial charge is 0.116 e. The number of pyridine rings is 2. The SMILES string of the molecule is C1=C(c2cc3c(-c4cc5c(N6CCCCC6)cncc5[nH]4)n[nH]c3cn2)CCNC1. The van der Waals surface area contributed by atoms with Crippen molar-refractivity contribution in [2.75, 3.05) is 31.1 Å². The molecule has 0 unspecified atom stereocenters. The summed E-state index contributed by atoms with van der Waals surface area (Å²) in [4.78, 5) is 15.2. The van der Waals surface area contributed by atoms with Gasteiger partial charge in [0.1, 0.15) is 5.69 Å². The summed E-state index contributed by atoms with van der Waals surface area (Å²) in [6.45, 7) is 4.11. The van der Waals surface area contributed by atoms with E-state index < -0.39 is 0 Å². The van der Waals surface area contributed by atoms with E-state index in [2.05, 4.69) is 53.6 Å². The number of anilines is 1. The van der Waals surface area contributed by atoms with Gasteiger partial charge in [0.05, 0.1) is 46.7 Å². The van der Waals surface area contributed by atoms with Gasteiger partial charge in [0.15, 0.2) is 0 Å². The largest absolute Gasteiger partial charge is 0.370 e. The molecule has 0 aliphatic carbocycles. The van der Waals surface area contributed by atoms with Crippen molar-refractivity contribution >= 4 is 33.1 Å². The van der Waals surface area contributed by atoms with E-state index in [1.54, 1.807) is 0 Å². The topological polar surface area (TPSA) is 85.5 Å². The van der Waals surface area contributed by atoms with E-state index in [-0.39, 0.29) is 0 Å². The highest BCUT2D eigenvalue weighted by Gasteiger charge is 2.18. The molecule has 4 aromatic rings. The number of H-pyrrole nitrogens is 2. The minimum absolute atomic E-state index is 0.904. The third-order valence-corrected chi connectivity index (χ3v) is 6.32. The number of piperidine rings is 1. The summed E-state index contributed by atoms with van der Waals surface area (Å²) in [7, 11) is 0. The molecule has 152 valence electrons. The first-order valence-electron chi connectivity index (χ1n) is 10.8. The number of aromatic nitrogens is 5. The van der Waals surface area contributed by atoms with Crippen LogP contribution in [0.25, 0.3) is 38.8 Å². The molecule has 3 N–H and O–H groups in total. The molecule has 0 atom stereocenters. The predicted molar refractivity (Wildman–Crippen MR) is 121 cm³/mol. The molecule has 0 saturated carbocycles.